The van der Waals surface area contributed by atoms with Crippen LogP contribution in [-0.2, 0) is 31.0 Å². The number of nitrogens with one attached hydrogen (secondary N) is 2. The van der Waals surface area contributed by atoms with Crippen molar-refractivity contribution in [2.75, 3.05) is 7.05 Å². The summed E-state index contributed by atoms with van der Waals surface area (Å²) in [5.74, 6) is 0.804. The Kier molecular flexibility index (Phi) is 7.45. The Hall–Kier alpha value is -2.63. The molecule has 0 saturated carbocycles. The highest BCUT2D eigenvalue weighted by atomic mass is 32.1. The highest BCUT2D eigenvalue weighted by Crippen LogP contribution is 2.09. The molecule has 0 bridgehead atoms. The van der Waals surface area contributed by atoms with Gasteiger partial charge in [0.1, 0.15) is 0 Å². The third kappa shape index (κ3) is 6.55. The Morgan fingerprint density at radius 3 is 2.15 bits per heavy atom. The molecule has 2 aromatic carbocycles. The van der Waals surface area contributed by atoms with Gasteiger partial charge in [-0.3, -0.25) is 4.99 Å². The van der Waals surface area contributed by atoms with Crippen LogP contribution in [0.25, 0.3) is 0 Å². The van der Waals surface area contributed by atoms with Crippen molar-refractivity contribution >= 4 is 17.3 Å². The second-order valence-electron chi connectivity index (χ2n) is 6.15. The van der Waals surface area contributed by atoms with Crippen LogP contribution >= 0.6 is 11.3 Å². The van der Waals surface area contributed by atoms with E-state index in [1.165, 1.54) is 21.6 Å². The minimum atomic E-state index is 0.618. The lowest BCUT2D eigenvalue weighted by atomic mass is 10.1. The van der Waals surface area contributed by atoms with Crippen LogP contribution in [0.4, 0.5) is 0 Å². The highest BCUT2D eigenvalue weighted by molar-refractivity contribution is 7.09. The highest BCUT2D eigenvalue weighted by Gasteiger charge is 2.01. The largest absolute Gasteiger partial charge is 0.372 e. The van der Waals surface area contributed by atoms with Crippen molar-refractivity contribution in [1.82, 2.24) is 10.6 Å². The molecule has 5 heteroatoms. The first-order chi connectivity index (χ1) is 13.3. The van der Waals surface area contributed by atoms with E-state index in [-0.39, 0.29) is 0 Å². The van der Waals surface area contributed by atoms with Crippen LogP contribution < -0.4 is 10.6 Å². The van der Waals surface area contributed by atoms with E-state index in [2.05, 4.69) is 69.5 Å². The zero-order valence-electron chi connectivity index (χ0n) is 15.5. The molecule has 0 aliphatic carbocycles. The first kappa shape index (κ1) is 19.1. The average Bonchev–Trinajstić information content (AvgIpc) is 3.24. The summed E-state index contributed by atoms with van der Waals surface area (Å²) in [7, 11) is 1.79. The maximum atomic E-state index is 5.78. The molecule has 0 radical (unpaired) electrons. The van der Waals surface area contributed by atoms with Crippen molar-refractivity contribution in [3.8, 4) is 0 Å². The number of nitrogens with zero attached hydrogens (tertiary/aromatic N) is 1. The molecule has 0 amide bonds. The van der Waals surface area contributed by atoms with Crippen molar-refractivity contribution in [1.29, 1.82) is 0 Å². The van der Waals surface area contributed by atoms with E-state index in [0.717, 1.165) is 19.0 Å². The lowest BCUT2D eigenvalue weighted by Gasteiger charge is -2.12. The van der Waals surface area contributed by atoms with Crippen LogP contribution in [-0.4, -0.2) is 13.0 Å². The third-order valence-electron chi connectivity index (χ3n) is 4.10. The van der Waals surface area contributed by atoms with Crippen molar-refractivity contribution in [3.63, 3.8) is 0 Å². The maximum absolute atomic E-state index is 5.78. The topological polar surface area (TPSA) is 45.7 Å². The molecule has 0 aliphatic heterocycles. The van der Waals surface area contributed by atoms with Gasteiger partial charge in [0.25, 0.3) is 0 Å². The zero-order valence-corrected chi connectivity index (χ0v) is 16.3. The minimum Gasteiger partial charge on any atom is -0.372 e. The van der Waals surface area contributed by atoms with Crippen molar-refractivity contribution in [3.05, 3.63) is 93.7 Å². The van der Waals surface area contributed by atoms with E-state index in [9.17, 15) is 0 Å². The van der Waals surface area contributed by atoms with E-state index < -0.39 is 0 Å². The Morgan fingerprint density at radius 1 is 0.815 bits per heavy atom. The van der Waals surface area contributed by atoms with E-state index in [4.69, 9.17) is 4.74 Å². The number of guanidine groups is 1. The summed E-state index contributed by atoms with van der Waals surface area (Å²) < 4.78 is 5.78. The molecule has 1 aromatic heterocycles. The number of benzene rings is 2. The lowest BCUT2D eigenvalue weighted by molar-refractivity contribution is 0.107. The Morgan fingerprint density at radius 2 is 1.48 bits per heavy atom. The summed E-state index contributed by atoms with van der Waals surface area (Å²) in [6.45, 7) is 2.77. The van der Waals surface area contributed by atoms with Gasteiger partial charge in [-0.1, -0.05) is 60.7 Å². The molecule has 4 nitrogen and oxygen atoms in total. The van der Waals surface area contributed by atoms with E-state index in [1.54, 1.807) is 18.4 Å². The van der Waals surface area contributed by atoms with Gasteiger partial charge in [0.05, 0.1) is 19.8 Å². The van der Waals surface area contributed by atoms with Gasteiger partial charge < -0.3 is 15.4 Å². The smallest absolute Gasteiger partial charge is 0.191 e. The first-order valence-corrected chi connectivity index (χ1v) is 9.88. The molecule has 27 heavy (non-hydrogen) atoms. The van der Waals surface area contributed by atoms with Crippen molar-refractivity contribution in [2.45, 2.75) is 26.3 Å². The van der Waals surface area contributed by atoms with Crippen LogP contribution in [0.15, 0.2) is 77.1 Å². The molecule has 140 valence electrons. The van der Waals surface area contributed by atoms with E-state index in [0.29, 0.717) is 13.2 Å². The van der Waals surface area contributed by atoms with Crippen LogP contribution in [0.5, 0.6) is 0 Å². The second kappa shape index (κ2) is 10.5. The molecule has 0 atom stereocenters. The van der Waals surface area contributed by atoms with Gasteiger partial charge in [0, 0.05) is 18.5 Å². The van der Waals surface area contributed by atoms with Crippen LogP contribution in [0.2, 0.25) is 0 Å². The number of hydrogen-bond acceptors (Lipinski definition) is 3. The van der Waals surface area contributed by atoms with Gasteiger partial charge in [-0.15, -0.1) is 11.3 Å². The maximum Gasteiger partial charge on any atom is 0.191 e. The van der Waals surface area contributed by atoms with E-state index >= 15 is 0 Å². The summed E-state index contributed by atoms with van der Waals surface area (Å²) >= 11 is 1.74. The molecule has 0 fully saturated rings. The zero-order chi connectivity index (χ0) is 18.7. The van der Waals surface area contributed by atoms with Crippen molar-refractivity contribution < 1.29 is 4.74 Å². The van der Waals surface area contributed by atoms with Crippen LogP contribution in [0.3, 0.4) is 0 Å². The normalized spacial score (nSPS) is 11.4. The molecule has 0 saturated heterocycles. The second-order valence-corrected chi connectivity index (χ2v) is 7.19. The monoisotopic (exact) mass is 379 g/mol. The molecule has 2 N–H and O–H groups in total. The molecular formula is C22H25N3OS. The number of ether oxygens (including phenoxy) is 1. The fourth-order valence-corrected chi connectivity index (χ4v) is 3.25. The fourth-order valence-electron chi connectivity index (χ4n) is 2.60. The first-order valence-electron chi connectivity index (χ1n) is 9.00. The third-order valence-corrected chi connectivity index (χ3v) is 4.97. The van der Waals surface area contributed by atoms with Crippen LogP contribution in [0.1, 0.15) is 21.6 Å². The fraction of sp³-hybridized carbons (Fsp3) is 0.227. The quantitative estimate of drug-likeness (QED) is 0.452. The number of hydrogen-bond donors (Lipinski definition) is 2. The SMILES string of the molecule is CN=C(NCc1ccc(COCc2ccccc2)cc1)NCc1cccs1. The Bertz CT molecular complexity index is 815. The average molecular weight is 380 g/mol. The minimum absolute atomic E-state index is 0.618. The Balaban J connectivity index is 1.40. The standard InChI is InChI=1S/C22H25N3OS/c1-23-22(25-15-21-8-5-13-27-21)24-14-18-9-11-20(12-10-18)17-26-16-19-6-3-2-4-7-19/h2-13H,14-17H2,1H3,(H2,23,24,25). The van der Waals surface area contributed by atoms with Crippen molar-refractivity contribution in [2.24, 2.45) is 4.99 Å². The predicted molar refractivity (Wildman–Crippen MR) is 113 cm³/mol. The van der Waals surface area contributed by atoms with Gasteiger partial charge in [-0.25, -0.2) is 0 Å². The predicted octanol–water partition coefficient (Wildman–Crippen LogP) is 4.33. The molecule has 0 aliphatic rings. The van der Waals surface area contributed by atoms with Crippen LogP contribution in [0, 0.1) is 0 Å². The van der Waals surface area contributed by atoms with Gasteiger partial charge in [-0.05, 0) is 28.1 Å². The lowest BCUT2D eigenvalue weighted by Crippen LogP contribution is -2.36. The summed E-state index contributed by atoms with van der Waals surface area (Å²) in [6, 6.07) is 22.9. The van der Waals surface area contributed by atoms with E-state index in [1.807, 2.05) is 18.2 Å². The molecule has 0 unspecified atom stereocenters. The van der Waals surface area contributed by atoms with Gasteiger partial charge >= 0.3 is 0 Å². The summed E-state index contributed by atoms with van der Waals surface area (Å²) in [6.07, 6.45) is 0. The molecule has 1 heterocycles. The van der Waals surface area contributed by atoms with Gasteiger partial charge in [-0.2, -0.15) is 0 Å². The van der Waals surface area contributed by atoms with Gasteiger partial charge in [0.2, 0.25) is 0 Å². The number of aliphatic imine (C=N–C) groups is 1. The molecular weight excluding hydrogens is 354 g/mol. The van der Waals surface area contributed by atoms with Gasteiger partial charge in [0.15, 0.2) is 5.96 Å². The Labute approximate surface area is 164 Å². The summed E-state index contributed by atoms with van der Waals surface area (Å²) in [5.41, 5.74) is 3.58. The molecule has 0 spiro atoms. The summed E-state index contributed by atoms with van der Waals surface area (Å²) in [5, 5.41) is 8.75. The molecule has 3 aromatic rings. The number of thiophene rings is 1. The summed E-state index contributed by atoms with van der Waals surface area (Å²) in [4.78, 5) is 5.56. The number of rotatable bonds is 8. The molecule has 3 rings (SSSR count).